The van der Waals surface area contributed by atoms with Crippen molar-refractivity contribution >= 4 is 17.6 Å². The molecule has 0 radical (unpaired) electrons. The minimum Gasteiger partial charge on any atom is -0.396 e. The van der Waals surface area contributed by atoms with E-state index in [1.807, 2.05) is 18.2 Å². The number of rotatable bonds is 4. The number of urea groups is 1. The van der Waals surface area contributed by atoms with Gasteiger partial charge in [0.25, 0.3) is 0 Å². The van der Waals surface area contributed by atoms with E-state index in [0.717, 1.165) is 31.2 Å². The first kappa shape index (κ1) is 15.1. The number of benzene rings is 1. The molecule has 0 aliphatic heterocycles. The predicted molar refractivity (Wildman–Crippen MR) is 79.7 cm³/mol. The maximum atomic E-state index is 11.9. The Morgan fingerprint density at radius 1 is 1.35 bits per heavy atom. The third-order valence-corrected chi connectivity index (χ3v) is 4.04. The number of hydrogen-bond acceptors (Lipinski definition) is 2. The quantitative estimate of drug-likeness (QED) is 0.800. The summed E-state index contributed by atoms with van der Waals surface area (Å²) in [6.45, 7) is 0.585. The lowest BCUT2D eigenvalue weighted by Gasteiger charge is -2.30. The molecule has 20 heavy (non-hydrogen) atoms. The lowest BCUT2D eigenvalue weighted by molar-refractivity contribution is 0.153. The van der Waals surface area contributed by atoms with Gasteiger partial charge in [-0.15, -0.1) is 0 Å². The highest BCUT2D eigenvalue weighted by atomic mass is 35.5. The van der Waals surface area contributed by atoms with Crippen LogP contribution in [0.3, 0.4) is 0 Å². The molecule has 0 heterocycles. The third-order valence-electron chi connectivity index (χ3n) is 3.80. The second kappa shape index (κ2) is 7.50. The maximum absolute atomic E-state index is 11.9. The molecular formula is C15H21ClN2O2. The van der Waals surface area contributed by atoms with Gasteiger partial charge in [-0.2, -0.15) is 0 Å². The normalized spacial score (nSPS) is 22.3. The summed E-state index contributed by atoms with van der Waals surface area (Å²) in [6, 6.07) is 7.31. The number of carbonyl (C=O) groups excluding carboxylic acids is 1. The number of nitrogens with one attached hydrogen (secondary N) is 2. The van der Waals surface area contributed by atoms with E-state index < -0.39 is 0 Å². The minimum atomic E-state index is -0.185. The van der Waals surface area contributed by atoms with E-state index in [1.165, 1.54) is 0 Å². The molecular weight excluding hydrogens is 276 g/mol. The summed E-state index contributed by atoms with van der Waals surface area (Å²) in [5, 5.41) is 15.8. The van der Waals surface area contributed by atoms with Gasteiger partial charge in [-0.05, 0) is 30.5 Å². The van der Waals surface area contributed by atoms with E-state index in [-0.39, 0.29) is 24.6 Å². The second-order valence-electron chi connectivity index (χ2n) is 5.29. The zero-order valence-electron chi connectivity index (χ0n) is 11.4. The minimum absolute atomic E-state index is 0.0770. The molecule has 3 N–H and O–H groups in total. The highest BCUT2D eigenvalue weighted by molar-refractivity contribution is 6.30. The Balaban J connectivity index is 1.80. The van der Waals surface area contributed by atoms with Crippen molar-refractivity contribution < 1.29 is 9.90 Å². The summed E-state index contributed by atoms with van der Waals surface area (Å²) in [5.41, 5.74) is 0.968. The molecule has 2 amide bonds. The van der Waals surface area contributed by atoms with Crippen molar-refractivity contribution in [2.75, 3.05) is 6.61 Å². The molecule has 1 aromatic rings. The van der Waals surface area contributed by atoms with Gasteiger partial charge in [0.15, 0.2) is 0 Å². The maximum Gasteiger partial charge on any atom is 0.315 e. The second-order valence-corrected chi connectivity index (χ2v) is 5.73. The number of aliphatic hydroxyl groups excluding tert-OH is 1. The van der Waals surface area contributed by atoms with E-state index >= 15 is 0 Å². The fraction of sp³-hybridized carbons (Fsp3) is 0.533. The van der Waals surface area contributed by atoms with Crippen molar-refractivity contribution in [2.24, 2.45) is 5.92 Å². The molecule has 2 rings (SSSR count). The van der Waals surface area contributed by atoms with Gasteiger partial charge in [0.05, 0.1) is 0 Å². The van der Waals surface area contributed by atoms with Crippen LogP contribution < -0.4 is 10.6 Å². The summed E-state index contributed by atoms with van der Waals surface area (Å²) in [5.74, 6) is 0.181. The van der Waals surface area contributed by atoms with Crippen molar-refractivity contribution in [3.8, 4) is 0 Å². The van der Waals surface area contributed by atoms with Gasteiger partial charge in [-0.1, -0.05) is 36.6 Å². The Labute approximate surface area is 124 Å². The van der Waals surface area contributed by atoms with Crippen molar-refractivity contribution in [1.82, 2.24) is 10.6 Å². The lowest BCUT2D eigenvalue weighted by Crippen LogP contribution is -2.47. The molecule has 2 unspecified atom stereocenters. The summed E-state index contributed by atoms with van der Waals surface area (Å²) < 4.78 is 0. The number of hydrogen-bond donors (Lipinski definition) is 3. The first-order valence-electron chi connectivity index (χ1n) is 7.08. The van der Waals surface area contributed by atoms with Crippen LogP contribution in [0, 0.1) is 5.92 Å². The largest absolute Gasteiger partial charge is 0.396 e. The third kappa shape index (κ3) is 4.39. The first-order valence-corrected chi connectivity index (χ1v) is 7.46. The van der Waals surface area contributed by atoms with Gasteiger partial charge < -0.3 is 15.7 Å². The Hall–Kier alpha value is -1.26. The standard InChI is InChI=1S/C15H21ClN2O2/c16-13-6-3-4-11(8-13)9-17-15(20)18-14-7-2-1-5-12(14)10-19/h3-4,6,8,12,14,19H,1-2,5,7,9-10H2,(H2,17,18,20). The van der Waals surface area contributed by atoms with E-state index in [9.17, 15) is 9.90 Å². The van der Waals surface area contributed by atoms with E-state index in [4.69, 9.17) is 11.6 Å². The summed E-state index contributed by atoms with van der Waals surface area (Å²) in [7, 11) is 0. The number of carbonyl (C=O) groups is 1. The molecule has 2 atom stereocenters. The van der Waals surface area contributed by atoms with E-state index in [2.05, 4.69) is 10.6 Å². The average Bonchev–Trinajstić information content (AvgIpc) is 2.46. The average molecular weight is 297 g/mol. The van der Waals surface area contributed by atoms with Gasteiger partial charge in [0.1, 0.15) is 0 Å². The summed E-state index contributed by atoms with van der Waals surface area (Å²) in [4.78, 5) is 11.9. The van der Waals surface area contributed by atoms with Crippen LogP contribution in [-0.4, -0.2) is 23.8 Å². The Morgan fingerprint density at radius 3 is 2.90 bits per heavy atom. The number of amides is 2. The smallest absolute Gasteiger partial charge is 0.315 e. The van der Waals surface area contributed by atoms with Gasteiger partial charge in [0, 0.05) is 30.1 Å². The summed E-state index contributed by atoms with van der Waals surface area (Å²) >= 11 is 5.90. The van der Waals surface area contributed by atoms with Crippen LogP contribution in [-0.2, 0) is 6.54 Å². The molecule has 1 aromatic carbocycles. The van der Waals surface area contributed by atoms with Gasteiger partial charge in [0.2, 0.25) is 0 Å². The molecule has 110 valence electrons. The van der Waals surface area contributed by atoms with Crippen molar-refractivity contribution in [2.45, 2.75) is 38.3 Å². The van der Waals surface area contributed by atoms with Crippen molar-refractivity contribution in [3.63, 3.8) is 0 Å². The molecule has 0 saturated heterocycles. The van der Waals surface area contributed by atoms with Crippen LogP contribution in [0.5, 0.6) is 0 Å². The number of halogens is 1. The van der Waals surface area contributed by atoms with Crippen LogP contribution in [0.2, 0.25) is 5.02 Å². The van der Waals surface area contributed by atoms with Crippen LogP contribution in [0.1, 0.15) is 31.2 Å². The number of aliphatic hydroxyl groups is 1. The van der Waals surface area contributed by atoms with Crippen LogP contribution in [0.25, 0.3) is 0 Å². The van der Waals surface area contributed by atoms with E-state index in [0.29, 0.717) is 11.6 Å². The van der Waals surface area contributed by atoms with Gasteiger partial charge in [-0.3, -0.25) is 0 Å². The Kier molecular flexibility index (Phi) is 5.68. The summed E-state index contributed by atoms with van der Waals surface area (Å²) in [6.07, 6.45) is 4.16. The molecule has 1 saturated carbocycles. The Morgan fingerprint density at radius 2 is 2.15 bits per heavy atom. The lowest BCUT2D eigenvalue weighted by atomic mass is 9.85. The Bertz CT molecular complexity index is 453. The highest BCUT2D eigenvalue weighted by Gasteiger charge is 2.25. The zero-order valence-corrected chi connectivity index (χ0v) is 12.2. The van der Waals surface area contributed by atoms with Crippen molar-refractivity contribution in [1.29, 1.82) is 0 Å². The fourth-order valence-electron chi connectivity index (χ4n) is 2.66. The highest BCUT2D eigenvalue weighted by Crippen LogP contribution is 2.23. The molecule has 5 heteroatoms. The fourth-order valence-corrected chi connectivity index (χ4v) is 2.88. The molecule has 0 spiro atoms. The van der Waals surface area contributed by atoms with E-state index in [1.54, 1.807) is 6.07 Å². The zero-order chi connectivity index (χ0) is 14.4. The molecule has 0 aromatic heterocycles. The molecule has 1 fully saturated rings. The molecule has 1 aliphatic rings. The first-order chi connectivity index (χ1) is 9.69. The monoisotopic (exact) mass is 296 g/mol. The molecule has 0 bridgehead atoms. The van der Waals surface area contributed by atoms with Crippen LogP contribution in [0.4, 0.5) is 4.79 Å². The molecule has 4 nitrogen and oxygen atoms in total. The van der Waals surface area contributed by atoms with Crippen molar-refractivity contribution in [3.05, 3.63) is 34.9 Å². The SMILES string of the molecule is O=C(NCc1cccc(Cl)c1)NC1CCCCC1CO. The van der Waals surface area contributed by atoms with Crippen LogP contribution in [0.15, 0.2) is 24.3 Å². The van der Waals surface area contributed by atoms with Gasteiger partial charge in [-0.25, -0.2) is 4.79 Å². The molecule has 1 aliphatic carbocycles. The topological polar surface area (TPSA) is 61.4 Å². The predicted octanol–water partition coefficient (Wildman–Crippen LogP) is 2.69. The van der Waals surface area contributed by atoms with Gasteiger partial charge >= 0.3 is 6.03 Å². The van der Waals surface area contributed by atoms with Crippen LogP contribution >= 0.6 is 11.6 Å².